The lowest BCUT2D eigenvalue weighted by Gasteiger charge is -2.24. The lowest BCUT2D eigenvalue weighted by Crippen LogP contribution is -2.41. The number of hydrogen-bond acceptors (Lipinski definition) is 5. The Labute approximate surface area is 98.2 Å². The van der Waals surface area contributed by atoms with E-state index in [0.717, 1.165) is 31.4 Å². The van der Waals surface area contributed by atoms with Crippen molar-refractivity contribution < 1.29 is 4.79 Å². The van der Waals surface area contributed by atoms with Gasteiger partial charge in [0.25, 0.3) is 5.91 Å². The lowest BCUT2D eigenvalue weighted by atomic mass is 9.94. The molecule has 0 saturated carbocycles. The first kappa shape index (κ1) is 10.2. The first-order valence-corrected chi connectivity index (χ1v) is 6.38. The Balaban J connectivity index is 1.71. The number of hydrogen-bond donors (Lipinski definition) is 1. The lowest BCUT2D eigenvalue weighted by molar-refractivity contribution is 0.0781. The minimum absolute atomic E-state index is 0.0324. The van der Waals surface area contributed by atoms with Crippen molar-refractivity contribution in [2.24, 2.45) is 5.92 Å². The molecule has 86 valence electrons. The van der Waals surface area contributed by atoms with E-state index in [1.54, 1.807) is 6.20 Å². The second-order valence-electron chi connectivity index (χ2n) is 4.47. The van der Waals surface area contributed by atoms with Crippen LogP contribution in [0.15, 0.2) is 6.20 Å². The number of carbonyl (C=O) groups is 1. The van der Waals surface area contributed by atoms with Gasteiger partial charge < -0.3 is 10.2 Å². The van der Waals surface area contributed by atoms with E-state index >= 15 is 0 Å². The third-order valence-corrected chi connectivity index (χ3v) is 3.94. The van der Waals surface area contributed by atoms with E-state index in [9.17, 15) is 4.79 Å². The van der Waals surface area contributed by atoms with E-state index in [-0.39, 0.29) is 5.91 Å². The summed E-state index contributed by atoms with van der Waals surface area (Å²) in [6.45, 7) is 2.77. The standard InChI is InChI=1S/C10H14N4OS/c15-10(8-4-12-16-13-8)14-5-7-2-1-3-11-9(7)6-14/h4,7,9,11H,1-3,5-6H2. The fourth-order valence-electron chi connectivity index (χ4n) is 2.63. The molecule has 1 aromatic heterocycles. The molecule has 0 radical (unpaired) electrons. The molecule has 1 amide bonds. The van der Waals surface area contributed by atoms with Crippen LogP contribution >= 0.6 is 11.7 Å². The SMILES string of the molecule is O=C(c1cnsn1)N1CC2CCCNC2C1. The molecular weight excluding hydrogens is 224 g/mol. The molecular formula is C10H14N4OS. The molecule has 5 nitrogen and oxygen atoms in total. The van der Waals surface area contributed by atoms with Crippen molar-refractivity contribution in [1.29, 1.82) is 0 Å². The maximum atomic E-state index is 12.1. The molecule has 2 aliphatic rings. The number of amides is 1. The van der Waals surface area contributed by atoms with Gasteiger partial charge in [-0.1, -0.05) is 0 Å². The third-order valence-electron chi connectivity index (χ3n) is 3.47. The predicted octanol–water partition coefficient (Wildman–Crippen LogP) is 0.362. The van der Waals surface area contributed by atoms with Gasteiger partial charge in [0.15, 0.2) is 5.69 Å². The summed E-state index contributed by atoms with van der Waals surface area (Å²) in [6, 6.07) is 0.490. The first-order chi connectivity index (χ1) is 7.84. The van der Waals surface area contributed by atoms with Gasteiger partial charge in [0.05, 0.1) is 17.9 Å². The fourth-order valence-corrected chi connectivity index (χ4v) is 3.04. The maximum absolute atomic E-state index is 12.1. The van der Waals surface area contributed by atoms with Crippen LogP contribution in [0.5, 0.6) is 0 Å². The van der Waals surface area contributed by atoms with E-state index < -0.39 is 0 Å². The van der Waals surface area contributed by atoms with Crippen LogP contribution in [-0.2, 0) is 0 Å². The number of nitrogens with zero attached hydrogens (tertiary/aromatic N) is 3. The number of rotatable bonds is 1. The Hall–Kier alpha value is -1.01. The van der Waals surface area contributed by atoms with Crippen LogP contribution in [0.1, 0.15) is 23.3 Å². The normalized spacial score (nSPS) is 29.1. The molecule has 0 bridgehead atoms. The van der Waals surface area contributed by atoms with Crippen molar-refractivity contribution in [3.63, 3.8) is 0 Å². The van der Waals surface area contributed by atoms with Crippen molar-refractivity contribution in [2.45, 2.75) is 18.9 Å². The first-order valence-electron chi connectivity index (χ1n) is 5.65. The third kappa shape index (κ3) is 1.72. The zero-order valence-electron chi connectivity index (χ0n) is 8.93. The molecule has 0 aliphatic carbocycles. The second kappa shape index (κ2) is 4.10. The molecule has 3 rings (SSSR count). The Morgan fingerprint density at radius 3 is 3.25 bits per heavy atom. The molecule has 0 aromatic carbocycles. The smallest absolute Gasteiger partial charge is 0.275 e. The Bertz CT molecular complexity index is 366. The minimum Gasteiger partial charge on any atom is -0.335 e. The van der Waals surface area contributed by atoms with Gasteiger partial charge in [-0.3, -0.25) is 4.79 Å². The van der Waals surface area contributed by atoms with Crippen LogP contribution in [0.4, 0.5) is 0 Å². The van der Waals surface area contributed by atoms with E-state index in [0.29, 0.717) is 17.7 Å². The Kier molecular flexibility index (Phi) is 2.61. The van der Waals surface area contributed by atoms with E-state index in [1.165, 1.54) is 12.8 Å². The second-order valence-corrected chi connectivity index (χ2v) is 5.02. The van der Waals surface area contributed by atoms with Gasteiger partial charge in [-0.05, 0) is 25.3 Å². The number of piperidine rings is 1. The summed E-state index contributed by atoms with van der Waals surface area (Å²) in [5.74, 6) is 0.661. The van der Waals surface area contributed by atoms with E-state index in [2.05, 4.69) is 14.1 Å². The predicted molar refractivity (Wildman–Crippen MR) is 60.3 cm³/mol. The summed E-state index contributed by atoms with van der Waals surface area (Å²) in [4.78, 5) is 14.0. The topological polar surface area (TPSA) is 58.1 Å². The van der Waals surface area contributed by atoms with Gasteiger partial charge in [-0.15, -0.1) is 0 Å². The number of nitrogens with one attached hydrogen (secondary N) is 1. The van der Waals surface area contributed by atoms with E-state index in [4.69, 9.17) is 0 Å². The Morgan fingerprint density at radius 1 is 1.56 bits per heavy atom. The van der Waals surface area contributed by atoms with Gasteiger partial charge >= 0.3 is 0 Å². The van der Waals surface area contributed by atoms with Crippen molar-refractivity contribution in [3.8, 4) is 0 Å². The molecule has 0 spiro atoms. The minimum atomic E-state index is 0.0324. The summed E-state index contributed by atoms with van der Waals surface area (Å²) < 4.78 is 7.87. The van der Waals surface area contributed by atoms with Crippen LogP contribution in [0, 0.1) is 5.92 Å². The average molecular weight is 238 g/mol. The summed E-state index contributed by atoms with van der Waals surface area (Å²) in [7, 11) is 0. The number of carbonyl (C=O) groups excluding carboxylic acids is 1. The monoisotopic (exact) mass is 238 g/mol. The highest BCUT2D eigenvalue weighted by molar-refractivity contribution is 6.99. The van der Waals surface area contributed by atoms with Crippen molar-refractivity contribution >= 4 is 17.6 Å². The van der Waals surface area contributed by atoms with Crippen LogP contribution in [-0.4, -0.2) is 45.2 Å². The van der Waals surface area contributed by atoms with Crippen molar-refractivity contribution in [2.75, 3.05) is 19.6 Å². The number of fused-ring (bicyclic) bond motifs is 1. The zero-order chi connectivity index (χ0) is 11.0. The van der Waals surface area contributed by atoms with Gasteiger partial charge in [0.2, 0.25) is 0 Å². The summed E-state index contributed by atoms with van der Waals surface area (Å²) in [5.41, 5.74) is 0.489. The molecule has 2 atom stereocenters. The van der Waals surface area contributed by atoms with Gasteiger partial charge in [0, 0.05) is 19.1 Å². The van der Waals surface area contributed by atoms with Crippen molar-refractivity contribution in [1.82, 2.24) is 19.0 Å². The molecule has 1 aromatic rings. The molecule has 1 N–H and O–H groups in total. The highest BCUT2D eigenvalue weighted by Crippen LogP contribution is 2.25. The summed E-state index contributed by atoms with van der Waals surface area (Å²) in [5, 5.41) is 3.48. The number of aromatic nitrogens is 2. The quantitative estimate of drug-likeness (QED) is 0.767. The average Bonchev–Trinajstić information content (AvgIpc) is 2.97. The van der Waals surface area contributed by atoms with Gasteiger partial charge in [-0.25, -0.2) is 0 Å². The molecule has 2 saturated heterocycles. The molecule has 16 heavy (non-hydrogen) atoms. The van der Waals surface area contributed by atoms with Crippen LogP contribution in [0.25, 0.3) is 0 Å². The summed E-state index contributed by atoms with van der Waals surface area (Å²) in [6.07, 6.45) is 4.01. The van der Waals surface area contributed by atoms with Crippen LogP contribution < -0.4 is 5.32 Å². The zero-order valence-corrected chi connectivity index (χ0v) is 9.74. The van der Waals surface area contributed by atoms with Gasteiger partial charge in [0.1, 0.15) is 0 Å². The number of likely N-dealkylation sites (tertiary alicyclic amines) is 1. The van der Waals surface area contributed by atoms with Crippen molar-refractivity contribution in [3.05, 3.63) is 11.9 Å². The Morgan fingerprint density at radius 2 is 2.50 bits per heavy atom. The van der Waals surface area contributed by atoms with Gasteiger partial charge in [-0.2, -0.15) is 8.75 Å². The highest BCUT2D eigenvalue weighted by Gasteiger charge is 2.37. The molecule has 6 heteroatoms. The van der Waals surface area contributed by atoms with Crippen LogP contribution in [0.3, 0.4) is 0 Å². The largest absolute Gasteiger partial charge is 0.335 e. The molecule has 2 aliphatic heterocycles. The fraction of sp³-hybridized carbons (Fsp3) is 0.700. The molecule has 2 unspecified atom stereocenters. The highest BCUT2D eigenvalue weighted by atomic mass is 32.1. The molecule has 2 fully saturated rings. The van der Waals surface area contributed by atoms with E-state index in [1.807, 2.05) is 4.90 Å². The van der Waals surface area contributed by atoms with Crippen LogP contribution in [0.2, 0.25) is 0 Å². The summed E-state index contributed by atoms with van der Waals surface area (Å²) >= 11 is 1.09. The molecule has 3 heterocycles. The maximum Gasteiger partial charge on any atom is 0.275 e.